The molecule has 0 aliphatic carbocycles. The molecule has 5 N–H and O–H groups in total. The van der Waals surface area contributed by atoms with Gasteiger partial charge in [-0.05, 0) is 19.3 Å². The molecule has 0 atom stereocenters. The molecule has 0 fully saturated rings. The van der Waals surface area contributed by atoms with E-state index in [9.17, 15) is 19.2 Å². The van der Waals surface area contributed by atoms with E-state index >= 15 is 0 Å². The molecule has 41 heavy (non-hydrogen) atoms. The van der Waals surface area contributed by atoms with E-state index in [1.807, 2.05) is 13.8 Å². The minimum absolute atomic E-state index is 0.0157. The van der Waals surface area contributed by atoms with Crippen LogP contribution >= 0.6 is 23.0 Å². The molecule has 0 rings (SSSR count). The molecule has 242 valence electrons. The van der Waals surface area contributed by atoms with E-state index < -0.39 is 11.8 Å². The second kappa shape index (κ2) is 34.6. The van der Waals surface area contributed by atoms with Crippen LogP contribution in [0, 0.1) is 0 Å². The standard InChI is InChI=1S/C24H46IN5O9.C2H6/c1-2-3-4-5-10-27-23(33)19-29-24(34)20-28-22(32)9-8-21(31)26-11-6-13-35-15-17-37-18-16-36-14-7-12-30-39-38-25;1-2/h30H,2-20H2,1H3,(H,26,31)(H,27,33)(H,28,32)(H,29,34);1-2H3. The van der Waals surface area contributed by atoms with Crippen molar-refractivity contribution < 1.29 is 41.6 Å². The van der Waals surface area contributed by atoms with Crippen molar-refractivity contribution in [1.29, 1.82) is 0 Å². The van der Waals surface area contributed by atoms with Gasteiger partial charge >= 0.3 is 0 Å². The number of carbonyl (C=O) groups is 4. The summed E-state index contributed by atoms with van der Waals surface area (Å²) >= 11 is 1.62. The van der Waals surface area contributed by atoms with Gasteiger partial charge in [-0.25, -0.2) is 0 Å². The van der Waals surface area contributed by atoms with Crippen LogP contribution in [-0.2, 0) is 41.6 Å². The summed E-state index contributed by atoms with van der Waals surface area (Å²) in [4.78, 5) is 51.6. The highest BCUT2D eigenvalue weighted by Gasteiger charge is 2.09. The Labute approximate surface area is 259 Å². The monoisotopic (exact) mass is 705 g/mol. The maximum atomic E-state index is 11.9. The first-order valence-corrected chi connectivity index (χ1v) is 15.3. The first-order chi connectivity index (χ1) is 20.0. The fourth-order valence-electron chi connectivity index (χ4n) is 2.92. The first kappa shape index (κ1) is 41.5. The molecule has 0 aliphatic rings. The lowest BCUT2D eigenvalue weighted by Crippen LogP contribution is -2.42. The number of carbonyl (C=O) groups excluding carboxylic acids is 4. The van der Waals surface area contributed by atoms with Crippen LogP contribution < -0.4 is 26.7 Å². The van der Waals surface area contributed by atoms with Gasteiger partial charge in [-0.1, -0.05) is 40.0 Å². The molecular formula is C26H52IN5O9. The molecule has 0 unspecified atom stereocenters. The summed E-state index contributed by atoms with van der Waals surface area (Å²) in [5.74, 6) is -1.40. The third-order valence-corrected chi connectivity index (χ3v) is 5.19. The number of hydrogen-bond acceptors (Lipinski definition) is 10. The average molecular weight is 706 g/mol. The van der Waals surface area contributed by atoms with E-state index in [1.54, 1.807) is 23.0 Å². The summed E-state index contributed by atoms with van der Waals surface area (Å²) in [7, 11) is 0. The lowest BCUT2D eigenvalue weighted by molar-refractivity contribution is -0.223. The smallest absolute Gasteiger partial charge is 0.239 e. The van der Waals surface area contributed by atoms with Crippen molar-refractivity contribution in [3.05, 3.63) is 0 Å². The van der Waals surface area contributed by atoms with E-state index in [2.05, 4.69) is 41.9 Å². The summed E-state index contributed by atoms with van der Waals surface area (Å²) in [6, 6.07) is 0. The topological polar surface area (TPSA) is 175 Å². The van der Waals surface area contributed by atoms with Gasteiger partial charge in [0.2, 0.25) is 23.6 Å². The quantitative estimate of drug-likeness (QED) is 0.0347. The summed E-state index contributed by atoms with van der Waals surface area (Å²) in [6.45, 7) is 10.3. The number of rotatable bonds is 28. The Kier molecular flexibility index (Phi) is 35.0. The van der Waals surface area contributed by atoms with E-state index in [-0.39, 0.29) is 37.7 Å². The number of amides is 4. The van der Waals surface area contributed by atoms with Gasteiger partial charge in [-0.15, -0.1) is 8.21 Å². The van der Waals surface area contributed by atoms with Crippen LogP contribution in [0.1, 0.15) is 72.1 Å². The van der Waals surface area contributed by atoms with Crippen LogP contribution in [0.2, 0.25) is 0 Å². The molecule has 0 aliphatic heterocycles. The van der Waals surface area contributed by atoms with Crippen LogP contribution in [-0.4, -0.2) is 96.0 Å². The zero-order chi connectivity index (χ0) is 30.8. The maximum Gasteiger partial charge on any atom is 0.239 e. The molecule has 0 spiro atoms. The molecule has 4 amide bonds. The van der Waals surface area contributed by atoms with Gasteiger partial charge in [-0.2, -0.15) is 5.48 Å². The van der Waals surface area contributed by atoms with Gasteiger partial charge in [0.25, 0.3) is 0 Å². The SMILES string of the molecule is CC.CCCCCCNC(=O)CNC(=O)CNC(=O)CCC(=O)NCCCOCCOCCOCCCNOOI. The number of ether oxygens (including phenoxy) is 3. The Morgan fingerprint density at radius 1 is 0.561 bits per heavy atom. The van der Waals surface area contributed by atoms with Crippen LogP contribution in [0.25, 0.3) is 0 Å². The van der Waals surface area contributed by atoms with Crippen molar-refractivity contribution in [2.45, 2.75) is 72.1 Å². The third kappa shape index (κ3) is 34.5. The average Bonchev–Trinajstić information content (AvgIpc) is 2.98. The molecule has 0 aromatic rings. The molecule has 0 saturated heterocycles. The highest BCUT2D eigenvalue weighted by Crippen LogP contribution is 1.96. The normalized spacial score (nSPS) is 10.3. The maximum absolute atomic E-state index is 11.9. The molecule has 0 aromatic carbocycles. The number of nitrogens with one attached hydrogen (secondary N) is 5. The van der Waals surface area contributed by atoms with Gasteiger partial charge in [-0.3, -0.25) is 19.2 Å². The van der Waals surface area contributed by atoms with Crippen LogP contribution in [0.15, 0.2) is 0 Å². The fourth-order valence-corrected chi connectivity index (χ4v) is 3.05. The minimum Gasteiger partial charge on any atom is -0.379 e. The van der Waals surface area contributed by atoms with Crippen molar-refractivity contribution in [2.75, 3.05) is 72.4 Å². The van der Waals surface area contributed by atoms with Crippen molar-refractivity contribution in [1.82, 2.24) is 26.7 Å². The molecule has 14 nitrogen and oxygen atoms in total. The largest absolute Gasteiger partial charge is 0.379 e. The van der Waals surface area contributed by atoms with Crippen LogP contribution in [0.5, 0.6) is 0 Å². The van der Waals surface area contributed by atoms with Gasteiger partial charge in [0.05, 0.1) is 39.5 Å². The zero-order valence-corrected chi connectivity index (χ0v) is 27.1. The molecule has 0 bridgehead atoms. The lowest BCUT2D eigenvalue weighted by Gasteiger charge is -2.09. The summed E-state index contributed by atoms with van der Waals surface area (Å²) in [5, 5.41) is 10.3. The summed E-state index contributed by atoms with van der Waals surface area (Å²) in [5.41, 5.74) is 2.59. The van der Waals surface area contributed by atoms with Crippen molar-refractivity contribution in [3.63, 3.8) is 0 Å². The predicted molar refractivity (Wildman–Crippen MR) is 163 cm³/mol. The first-order valence-electron chi connectivity index (χ1n) is 14.5. The van der Waals surface area contributed by atoms with Crippen LogP contribution in [0.3, 0.4) is 0 Å². The van der Waals surface area contributed by atoms with Gasteiger partial charge in [0.15, 0.2) is 23.0 Å². The molecule has 0 aromatic heterocycles. The van der Waals surface area contributed by atoms with Crippen molar-refractivity contribution in [2.24, 2.45) is 0 Å². The van der Waals surface area contributed by atoms with Crippen molar-refractivity contribution >= 4 is 46.6 Å². The van der Waals surface area contributed by atoms with E-state index in [0.29, 0.717) is 65.7 Å². The Morgan fingerprint density at radius 3 is 1.61 bits per heavy atom. The van der Waals surface area contributed by atoms with Gasteiger partial charge < -0.3 is 35.5 Å². The van der Waals surface area contributed by atoms with E-state index in [4.69, 9.17) is 14.2 Å². The Hall–Kier alpha value is -1.63. The second-order valence-corrected chi connectivity index (χ2v) is 8.76. The minimum atomic E-state index is -0.467. The number of hydrogen-bond donors (Lipinski definition) is 5. The van der Waals surface area contributed by atoms with Crippen LogP contribution in [0.4, 0.5) is 0 Å². The van der Waals surface area contributed by atoms with E-state index in [0.717, 1.165) is 32.1 Å². The number of hydroxylamine groups is 1. The molecule has 15 heteroatoms. The Morgan fingerprint density at radius 2 is 1.02 bits per heavy atom. The number of halogens is 1. The van der Waals surface area contributed by atoms with Gasteiger partial charge in [0, 0.05) is 45.7 Å². The Bertz CT molecular complexity index is 648. The highest BCUT2D eigenvalue weighted by molar-refractivity contribution is 14.1. The molecular weight excluding hydrogens is 653 g/mol. The van der Waals surface area contributed by atoms with Crippen molar-refractivity contribution in [3.8, 4) is 0 Å². The lowest BCUT2D eigenvalue weighted by atomic mass is 10.2. The zero-order valence-electron chi connectivity index (χ0n) is 25.0. The molecule has 0 radical (unpaired) electrons. The third-order valence-electron chi connectivity index (χ3n) is 5.01. The highest BCUT2D eigenvalue weighted by atomic mass is 127. The summed E-state index contributed by atoms with van der Waals surface area (Å²) in [6.07, 6.45) is 5.62. The second-order valence-electron chi connectivity index (χ2n) is 8.40. The van der Waals surface area contributed by atoms with E-state index in [1.165, 1.54) is 0 Å². The fraction of sp³-hybridized carbons (Fsp3) is 0.846. The van der Waals surface area contributed by atoms with Gasteiger partial charge in [0.1, 0.15) is 0 Å². The number of unbranched alkanes of at least 4 members (excludes halogenated alkanes) is 3. The summed E-state index contributed by atoms with van der Waals surface area (Å²) < 4.78 is 20.6. The predicted octanol–water partition coefficient (Wildman–Crippen LogP) is 1.47. The Balaban J connectivity index is 0. The molecule has 0 heterocycles. The molecule has 0 saturated carbocycles.